The van der Waals surface area contributed by atoms with Gasteiger partial charge in [0.2, 0.25) is 5.88 Å². The van der Waals surface area contributed by atoms with Gasteiger partial charge in [-0.3, -0.25) is 0 Å². The fourth-order valence-corrected chi connectivity index (χ4v) is 2.21. The van der Waals surface area contributed by atoms with Gasteiger partial charge in [0.1, 0.15) is 5.75 Å². The van der Waals surface area contributed by atoms with E-state index in [1.165, 1.54) is 24.0 Å². The highest BCUT2D eigenvalue weighted by Gasteiger charge is 2.19. The number of aromatic nitrogens is 1. The molecule has 0 bridgehead atoms. The maximum atomic E-state index is 5.84. The van der Waals surface area contributed by atoms with E-state index in [4.69, 9.17) is 4.74 Å². The van der Waals surface area contributed by atoms with Gasteiger partial charge in [-0.2, -0.15) is 0 Å². The van der Waals surface area contributed by atoms with Gasteiger partial charge in [0.15, 0.2) is 0 Å². The molecule has 0 radical (unpaired) electrons. The van der Waals surface area contributed by atoms with Crippen molar-refractivity contribution in [1.82, 2.24) is 10.3 Å². The van der Waals surface area contributed by atoms with Crippen LogP contribution in [-0.2, 0) is 6.54 Å². The molecule has 1 aromatic heterocycles. The number of nitrogens with one attached hydrogen (secondary N) is 1. The standard InChI is InChI=1S/C18H22N2O/c1-13(2)15-3-7-17(8-4-15)21-18-11-14(9-10-19-18)12-20-16-5-6-16/h3-4,7-11,13,16,20H,5-6,12H2,1-2H3. The lowest BCUT2D eigenvalue weighted by Crippen LogP contribution is -2.15. The van der Waals surface area contributed by atoms with Gasteiger partial charge in [-0.05, 0) is 48.1 Å². The van der Waals surface area contributed by atoms with Crippen LogP contribution in [0.1, 0.15) is 43.7 Å². The van der Waals surface area contributed by atoms with Crippen LogP contribution in [-0.4, -0.2) is 11.0 Å². The topological polar surface area (TPSA) is 34.1 Å². The van der Waals surface area contributed by atoms with Crippen LogP contribution in [0.3, 0.4) is 0 Å². The zero-order valence-corrected chi connectivity index (χ0v) is 12.7. The minimum Gasteiger partial charge on any atom is -0.439 e. The van der Waals surface area contributed by atoms with E-state index >= 15 is 0 Å². The highest BCUT2D eigenvalue weighted by molar-refractivity contribution is 5.32. The summed E-state index contributed by atoms with van der Waals surface area (Å²) < 4.78 is 5.84. The Hall–Kier alpha value is -1.87. The first-order valence-electron chi connectivity index (χ1n) is 7.67. The lowest BCUT2D eigenvalue weighted by molar-refractivity contribution is 0.461. The first-order chi connectivity index (χ1) is 10.2. The molecule has 0 amide bonds. The van der Waals surface area contributed by atoms with Gasteiger partial charge in [-0.1, -0.05) is 26.0 Å². The molecule has 1 fully saturated rings. The summed E-state index contributed by atoms with van der Waals surface area (Å²) in [7, 11) is 0. The molecule has 110 valence electrons. The van der Waals surface area contributed by atoms with Gasteiger partial charge in [-0.15, -0.1) is 0 Å². The van der Waals surface area contributed by atoms with Crippen LogP contribution in [0.5, 0.6) is 11.6 Å². The molecule has 1 N–H and O–H groups in total. The fraction of sp³-hybridized carbons (Fsp3) is 0.389. The smallest absolute Gasteiger partial charge is 0.219 e. The number of hydrogen-bond donors (Lipinski definition) is 1. The third-order valence-electron chi connectivity index (χ3n) is 3.74. The Balaban J connectivity index is 1.64. The quantitative estimate of drug-likeness (QED) is 0.860. The normalized spacial score (nSPS) is 14.4. The van der Waals surface area contributed by atoms with Crippen LogP contribution in [0.15, 0.2) is 42.6 Å². The second-order valence-electron chi connectivity index (χ2n) is 5.98. The summed E-state index contributed by atoms with van der Waals surface area (Å²) in [6.07, 6.45) is 4.41. The molecule has 3 heteroatoms. The van der Waals surface area contributed by atoms with E-state index in [2.05, 4.69) is 36.3 Å². The maximum absolute atomic E-state index is 5.84. The van der Waals surface area contributed by atoms with Crippen molar-refractivity contribution in [2.24, 2.45) is 0 Å². The molecule has 0 saturated heterocycles. The minimum atomic E-state index is 0.536. The molecule has 2 aromatic rings. The maximum Gasteiger partial charge on any atom is 0.219 e. The molecule has 0 aliphatic heterocycles. The first-order valence-corrected chi connectivity index (χ1v) is 7.67. The Morgan fingerprint density at radius 2 is 1.95 bits per heavy atom. The molecule has 21 heavy (non-hydrogen) atoms. The van der Waals surface area contributed by atoms with Crippen molar-refractivity contribution < 1.29 is 4.74 Å². The summed E-state index contributed by atoms with van der Waals surface area (Å²) in [6.45, 7) is 5.26. The van der Waals surface area contributed by atoms with Crippen molar-refractivity contribution in [3.8, 4) is 11.6 Å². The van der Waals surface area contributed by atoms with E-state index in [-0.39, 0.29) is 0 Å². The molecule has 1 aliphatic rings. The second-order valence-corrected chi connectivity index (χ2v) is 5.98. The van der Waals surface area contributed by atoms with Crippen LogP contribution >= 0.6 is 0 Å². The number of ether oxygens (including phenoxy) is 1. The number of benzene rings is 1. The lowest BCUT2D eigenvalue weighted by atomic mass is 10.0. The number of hydrogen-bond acceptors (Lipinski definition) is 3. The number of pyridine rings is 1. The van der Waals surface area contributed by atoms with Crippen LogP contribution < -0.4 is 10.1 Å². The Morgan fingerprint density at radius 1 is 1.19 bits per heavy atom. The average molecular weight is 282 g/mol. The number of nitrogens with zero attached hydrogens (tertiary/aromatic N) is 1. The van der Waals surface area contributed by atoms with E-state index in [1.54, 1.807) is 0 Å². The number of rotatable bonds is 6. The van der Waals surface area contributed by atoms with Crippen molar-refractivity contribution in [3.05, 3.63) is 53.7 Å². The summed E-state index contributed by atoms with van der Waals surface area (Å²) in [4.78, 5) is 4.28. The van der Waals surface area contributed by atoms with Crippen LogP contribution in [0.2, 0.25) is 0 Å². The van der Waals surface area contributed by atoms with Crippen LogP contribution in [0.4, 0.5) is 0 Å². The van der Waals surface area contributed by atoms with Gasteiger partial charge in [0.05, 0.1) is 0 Å². The van der Waals surface area contributed by atoms with Crippen molar-refractivity contribution in [1.29, 1.82) is 0 Å². The van der Waals surface area contributed by atoms with E-state index < -0.39 is 0 Å². The fourth-order valence-electron chi connectivity index (χ4n) is 2.21. The van der Waals surface area contributed by atoms with Gasteiger partial charge in [0, 0.05) is 24.8 Å². The SMILES string of the molecule is CC(C)c1ccc(Oc2cc(CNC3CC3)ccn2)cc1. The van der Waals surface area contributed by atoms with E-state index in [0.717, 1.165) is 12.3 Å². The van der Waals surface area contributed by atoms with E-state index in [9.17, 15) is 0 Å². The minimum absolute atomic E-state index is 0.536. The molecule has 1 heterocycles. The molecule has 3 nitrogen and oxygen atoms in total. The van der Waals surface area contributed by atoms with Crippen LogP contribution in [0.25, 0.3) is 0 Å². The summed E-state index contributed by atoms with van der Waals surface area (Å²) >= 11 is 0. The Kier molecular flexibility index (Phi) is 4.20. The molecular formula is C18H22N2O. The molecule has 0 unspecified atom stereocenters. The Labute approximate surface area is 126 Å². The largest absolute Gasteiger partial charge is 0.439 e. The average Bonchev–Trinajstić information content (AvgIpc) is 3.30. The highest BCUT2D eigenvalue weighted by Crippen LogP contribution is 2.24. The van der Waals surface area contributed by atoms with E-state index in [0.29, 0.717) is 17.8 Å². The van der Waals surface area contributed by atoms with Crippen molar-refractivity contribution >= 4 is 0 Å². The Morgan fingerprint density at radius 3 is 2.62 bits per heavy atom. The molecule has 3 rings (SSSR count). The molecular weight excluding hydrogens is 260 g/mol. The zero-order chi connectivity index (χ0) is 14.7. The van der Waals surface area contributed by atoms with Crippen molar-refractivity contribution in [2.75, 3.05) is 0 Å². The third kappa shape index (κ3) is 4.05. The van der Waals surface area contributed by atoms with Crippen LogP contribution in [0, 0.1) is 0 Å². The summed E-state index contributed by atoms with van der Waals surface area (Å²) in [6, 6.07) is 13.0. The van der Waals surface area contributed by atoms with Gasteiger partial charge in [-0.25, -0.2) is 4.98 Å². The second kappa shape index (κ2) is 6.27. The highest BCUT2D eigenvalue weighted by atomic mass is 16.5. The molecule has 0 spiro atoms. The lowest BCUT2D eigenvalue weighted by Gasteiger charge is -2.09. The summed E-state index contributed by atoms with van der Waals surface area (Å²) in [5.41, 5.74) is 2.53. The van der Waals surface area contributed by atoms with E-state index in [1.807, 2.05) is 30.5 Å². The van der Waals surface area contributed by atoms with Gasteiger partial charge < -0.3 is 10.1 Å². The summed E-state index contributed by atoms with van der Waals surface area (Å²) in [5, 5.41) is 3.50. The first kappa shape index (κ1) is 14.1. The predicted octanol–water partition coefficient (Wildman–Crippen LogP) is 4.25. The third-order valence-corrected chi connectivity index (χ3v) is 3.74. The molecule has 0 atom stereocenters. The van der Waals surface area contributed by atoms with Crippen molar-refractivity contribution in [2.45, 2.75) is 45.2 Å². The molecule has 1 saturated carbocycles. The zero-order valence-electron chi connectivity index (χ0n) is 12.7. The van der Waals surface area contributed by atoms with Gasteiger partial charge in [0.25, 0.3) is 0 Å². The monoisotopic (exact) mass is 282 g/mol. The predicted molar refractivity (Wildman–Crippen MR) is 84.7 cm³/mol. The van der Waals surface area contributed by atoms with Gasteiger partial charge >= 0.3 is 0 Å². The molecule has 1 aliphatic carbocycles. The summed E-state index contributed by atoms with van der Waals surface area (Å²) in [5.74, 6) is 2.02. The van der Waals surface area contributed by atoms with Crippen molar-refractivity contribution in [3.63, 3.8) is 0 Å². The molecule has 1 aromatic carbocycles. The Bertz CT molecular complexity index is 588.